The zero-order valence-electron chi connectivity index (χ0n) is 13.5. The van der Waals surface area contributed by atoms with Gasteiger partial charge in [0.15, 0.2) is 0 Å². The molecule has 23 heavy (non-hydrogen) atoms. The number of piperazine rings is 1. The van der Waals surface area contributed by atoms with E-state index < -0.39 is 0 Å². The van der Waals surface area contributed by atoms with Gasteiger partial charge in [-0.25, -0.2) is 0 Å². The first-order chi connectivity index (χ1) is 11.0. The summed E-state index contributed by atoms with van der Waals surface area (Å²) in [6.45, 7) is 3.20. The number of nitrogens with zero attached hydrogens (tertiary/aromatic N) is 3. The van der Waals surface area contributed by atoms with Crippen molar-refractivity contribution < 1.29 is 14.3 Å². The summed E-state index contributed by atoms with van der Waals surface area (Å²) in [5, 5.41) is 0.713. The zero-order chi connectivity index (χ0) is 16.8. The van der Waals surface area contributed by atoms with Crippen LogP contribution in [0.5, 0.6) is 0 Å². The van der Waals surface area contributed by atoms with Gasteiger partial charge < -0.3 is 14.5 Å². The number of hydrogen-bond acceptors (Lipinski definition) is 5. The van der Waals surface area contributed by atoms with Crippen molar-refractivity contribution in [2.45, 2.75) is 0 Å². The molecule has 0 spiro atoms. The predicted molar refractivity (Wildman–Crippen MR) is 89.8 cm³/mol. The summed E-state index contributed by atoms with van der Waals surface area (Å²) in [6, 6.07) is 7.73. The molecular formula is C16H22ClN3O3. The van der Waals surface area contributed by atoms with Crippen LogP contribution in [0.3, 0.4) is 0 Å². The molecule has 1 aromatic carbocycles. The Balaban J connectivity index is 1.81. The Morgan fingerprint density at radius 2 is 1.91 bits per heavy atom. The smallest absolute Gasteiger partial charge is 0.319 e. The number of benzene rings is 1. The monoisotopic (exact) mass is 339 g/mol. The first-order valence-corrected chi connectivity index (χ1v) is 7.91. The summed E-state index contributed by atoms with van der Waals surface area (Å²) in [5.74, 6) is -0.312. The molecule has 1 heterocycles. The Hall–Kier alpha value is -1.79. The molecule has 1 fully saturated rings. The summed E-state index contributed by atoms with van der Waals surface area (Å²) in [5.41, 5.74) is 1.08. The number of rotatable bonds is 5. The van der Waals surface area contributed by atoms with Gasteiger partial charge in [0.05, 0.1) is 20.2 Å². The van der Waals surface area contributed by atoms with Gasteiger partial charge in [-0.1, -0.05) is 17.7 Å². The van der Waals surface area contributed by atoms with Crippen LogP contribution in [0.25, 0.3) is 0 Å². The van der Waals surface area contributed by atoms with E-state index >= 15 is 0 Å². The highest BCUT2D eigenvalue weighted by Crippen LogP contribution is 2.20. The number of esters is 1. The predicted octanol–water partition coefficient (Wildman–Crippen LogP) is 1.09. The van der Waals surface area contributed by atoms with Crippen molar-refractivity contribution in [3.8, 4) is 0 Å². The van der Waals surface area contributed by atoms with Gasteiger partial charge in [-0.15, -0.1) is 0 Å². The molecule has 1 aliphatic rings. The molecule has 0 radical (unpaired) electrons. The van der Waals surface area contributed by atoms with E-state index in [4.69, 9.17) is 11.6 Å². The second-order valence-corrected chi connectivity index (χ2v) is 6.03. The van der Waals surface area contributed by atoms with Gasteiger partial charge in [0.1, 0.15) is 0 Å². The van der Waals surface area contributed by atoms with Crippen molar-refractivity contribution in [2.75, 3.05) is 58.3 Å². The Bertz CT molecular complexity index is 559. The van der Waals surface area contributed by atoms with Crippen LogP contribution in [0.15, 0.2) is 24.3 Å². The summed E-state index contributed by atoms with van der Waals surface area (Å²) < 4.78 is 4.60. The summed E-state index contributed by atoms with van der Waals surface area (Å²) in [4.78, 5) is 29.2. The zero-order valence-corrected chi connectivity index (χ0v) is 14.3. The minimum absolute atomic E-state index is 0.0298. The molecule has 2 rings (SSSR count). The van der Waals surface area contributed by atoms with Crippen LogP contribution in [-0.4, -0.2) is 75.1 Å². The number of carbonyl (C=O) groups is 2. The van der Waals surface area contributed by atoms with Gasteiger partial charge in [0, 0.05) is 36.9 Å². The second-order valence-electron chi connectivity index (χ2n) is 5.60. The highest BCUT2D eigenvalue weighted by atomic mass is 35.5. The average Bonchev–Trinajstić information content (AvgIpc) is 2.54. The molecule has 0 atom stereocenters. The van der Waals surface area contributed by atoms with Crippen molar-refractivity contribution >= 4 is 29.2 Å². The van der Waals surface area contributed by atoms with Crippen LogP contribution >= 0.6 is 11.6 Å². The molecule has 1 amide bonds. The van der Waals surface area contributed by atoms with Crippen molar-refractivity contribution in [2.24, 2.45) is 0 Å². The van der Waals surface area contributed by atoms with Crippen LogP contribution in [0.4, 0.5) is 5.69 Å². The molecule has 0 bridgehead atoms. The highest BCUT2D eigenvalue weighted by molar-refractivity contribution is 6.30. The Morgan fingerprint density at radius 3 is 2.52 bits per heavy atom. The molecule has 0 unspecified atom stereocenters. The lowest BCUT2D eigenvalue weighted by Crippen LogP contribution is -2.51. The Labute approximate surface area is 141 Å². The fraction of sp³-hybridized carbons (Fsp3) is 0.500. The normalized spacial score (nSPS) is 15.0. The molecule has 6 nitrogen and oxygen atoms in total. The number of carbonyl (C=O) groups excluding carboxylic acids is 2. The first-order valence-electron chi connectivity index (χ1n) is 7.53. The summed E-state index contributed by atoms with van der Waals surface area (Å²) in [7, 11) is 3.07. The average molecular weight is 340 g/mol. The van der Waals surface area contributed by atoms with Gasteiger partial charge in [-0.3, -0.25) is 14.5 Å². The van der Waals surface area contributed by atoms with E-state index in [1.807, 2.05) is 29.2 Å². The lowest BCUT2D eigenvalue weighted by molar-refractivity contribution is -0.142. The number of methoxy groups -OCH3 is 1. The lowest BCUT2D eigenvalue weighted by Gasteiger charge is -2.36. The van der Waals surface area contributed by atoms with Crippen molar-refractivity contribution in [3.05, 3.63) is 29.3 Å². The minimum Gasteiger partial charge on any atom is -0.468 e. The van der Waals surface area contributed by atoms with Crippen LogP contribution in [0, 0.1) is 0 Å². The number of hydrogen-bond donors (Lipinski definition) is 0. The third kappa shape index (κ3) is 5.11. The van der Waals surface area contributed by atoms with Crippen molar-refractivity contribution in [1.82, 2.24) is 9.80 Å². The van der Waals surface area contributed by atoms with Gasteiger partial charge >= 0.3 is 5.97 Å². The largest absolute Gasteiger partial charge is 0.468 e. The molecule has 1 aliphatic heterocycles. The molecule has 1 saturated heterocycles. The van der Waals surface area contributed by atoms with Gasteiger partial charge in [-0.2, -0.15) is 0 Å². The number of ether oxygens (including phenoxy) is 1. The minimum atomic E-state index is -0.342. The SMILES string of the molecule is COC(=O)CN(C)CC(=O)N1CCN(c2cccc(Cl)c2)CC1. The summed E-state index contributed by atoms with van der Waals surface area (Å²) in [6.07, 6.45) is 0. The fourth-order valence-corrected chi connectivity index (χ4v) is 2.74. The number of likely N-dealkylation sites (N-methyl/N-ethyl adjacent to an activating group) is 1. The molecule has 0 N–H and O–H groups in total. The van der Waals surface area contributed by atoms with E-state index in [0.29, 0.717) is 18.1 Å². The van der Waals surface area contributed by atoms with E-state index in [2.05, 4.69) is 9.64 Å². The molecular weight excluding hydrogens is 318 g/mol. The lowest BCUT2D eigenvalue weighted by atomic mass is 10.2. The van der Waals surface area contributed by atoms with Gasteiger partial charge in [-0.05, 0) is 25.2 Å². The Kier molecular flexibility index (Phi) is 6.24. The molecule has 126 valence electrons. The van der Waals surface area contributed by atoms with E-state index in [0.717, 1.165) is 18.8 Å². The van der Waals surface area contributed by atoms with E-state index in [1.165, 1.54) is 7.11 Å². The maximum atomic E-state index is 12.3. The van der Waals surface area contributed by atoms with Gasteiger partial charge in [0.2, 0.25) is 5.91 Å². The van der Waals surface area contributed by atoms with Crippen LogP contribution in [-0.2, 0) is 14.3 Å². The first kappa shape index (κ1) is 17.6. The second kappa shape index (κ2) is 8.17. The quantitative estimate of drug-likeness (QED) is 0.752. The number of halogens is 1. The van der Waals surface area contributed by atoms with E-state index in [1.54, 1.807) is 11.9 Å². The summed E-state index contributed by atoms with van der Waals surface area (Å²) >= 11 is 6.02. The fourth-order valence-electron chi connectivity index (χ4n) is 2.56. The maximum absolute atomic E-state index is 12.3. The van der Waals surface area contributed by atoms with Crippen molar-refractivity contribution in [1.29, 1.82) is 0 Å². The third-order valence-electron chi connectivity index (χ3n) is 3.84. The van der Waals surface area contributed by atoms with Crippen LogP contribution < -0.4 is 4.90 Å². The standard InChI is InChI=1S/C16H22ClN3O3/c1-18(12-16(22)23-2)11-15(21)20-8-6-19(7-9-20)14-5-3-4-13(17)10-14/h3-5,10H,6-9,11-12H2,1-2H3. The highest BCUT2D eigenvalue weighted by Gasteiger charge is 2.22. The number of anilines is 1. The molecule has 0 aromatic heterocycles. The third-order valence-corrected chi connectivity index (χ3v) is 4.07. The molecule has 0 aliphatic carbocycles. The van der Waals surface area contributed by atoms with Crippen LogP contribution in [0.1, 0.15) is 0 Å². The van der Waals surface area contributed by atoms with E-state index in [9.17, 15) is 9.59 Å². The Morgan fingerprint density at radius 1 is 1.22 bits per heavy atom. The van der Waals surface area contributed by atoms with Crippen molar-refractivity contribution in [3.63, 3.8) is 0 Å². The molecule has 7 heteroatoms. The molecule has 1 aromatic rings. The maximum Gasteiger partial charge on any atom is 0.319 e. The topological polar surface area (TPSA) is 53.1 Å². The molecule has 0 saturated carbocycles. The van der Waals surface area contributed by atoms with E-state index in [-0.39, 0.29) is 25.0 Å². The van der Waals surface area contributed by atoms with Gasteiger partial charge in [0.25, 0.3) is 0 Å². The number of amides is 1. The van der Waals surface area contributed by atoms with Crippen LogP contribution in [0.2, 0.25) is 5.02 Å².